The summed E-state index contributed by atoms with van der Waals surface area (Å²) in [5.41, 5.74) is 2.68. The first-order valence-electron chi connectivity index (χ1n) is 9.20. The van der Waals surface area contributed by atoms with Gasteiger partial charge in [0.05, 0.1) is 0 Å². The van der Waals surface area contributed by atoms with Gasteiger partial charge in [-0.25, -0.2) is 14.8 Å². The molecular formula is C20H23N5OS. The Morgan fingerprint density at radius 3 is 3.04 bits per heavy atom. The number of imidazole rings is 1. The topological polar surface area (TPSA) is 63.1 Å². The number of likely N-dealkylation sites (tertiary alicyclic amines) is 1. The summed E-state index contributed by atoms with van der Waals surface area (Å²) in [6, 6.07) is 11.8. The van der Waals surface area contributed by atoms with Gasteiger partial charge in [0.2, 0.25) is 0 Å². The van der Waals surface area contributed by atoms with Crippen LogP contribution in [0.25, 0.3) is 11.2 Å². The molecular weight excluding hydrogens is 358 g/mol. The smallest absolute Gasteiger partial charge is 0.321 e. The van der Waals surface area contributed by atoms with Crippen molar-refractivity contribution in [2.45, 2.75) is 30.7 Å². The molecule has 1 aromatic carbocycles. The molecule has 0 radical (unpaired) electrons. The Balaban J connectivity index is 1.49. The molecule has 2 aromatic heterocycles. The minimum atomic E-state index is -0.0481. The summed E-state index contributed by atoms with van der Waals surface area (Å²) in [5.74, 6) is 1.27. The molecule has 7 heteroatoms. The third kappa shape index (κ3) is 3.51. The maximum absolute atomic E-state index is 12.7. The largest absolute Gasteiger partial charge is 0.324 e. The van der Waals surface area contributed by atoms with E-state index >= 15 is 0 Å². The molecule has 0 saturated carbocycles. The number of benzene rings is 1. The van der Waals surface area contributed by atoms with E-state index in [1.54, 1.807) is 18.0 Å². The van der Waals surface area contributed by atoms with Crippen LogP contribution in [-0.4, -0.2) is 44.8 Å². The van der Waals surface area contributed by atoms with Crippen molar-refractivity contribution in [3.63, 3.8) is 0 Å². The lowest BCUT2D eigenvalue weighted by Gasteiger charge is -2.18. The lowest BCUT2D eigenvalue weighted by atomic mass is 10.1. The normalized spacial score (nSPS) is 16.8. The van der Waals surface area contributed by atoms with E-state index in [1.807, 2.05) is 47.6 Å². The second-order valence-electron chi connectivity index (χ2n) is 6.65. The van der Waals surface area contributed by atoms with Gasteiger partial charge in [-0.05, 0) is 49.9 Å². The number of pyridine rings is 1. The fraction of sp³-hybridized carbons (Fsp3) is 0.350. The molecule has 1 fully saturated rings. The Bertz CT molecular complexity index is 970. The molecule has 3 aromatic rings. The number of hydrogen-bond acceptors (Lipinski definition) is 4. The molecule has 1 aliphatic rings. The van der Waals surface area contributed by atoms with Crippen LogP contribution in [0.1, 0.15) is 25.1 Å². The zero-order valence-corrected chi connectivity index (χ0v) is 16.4. The summed E-state index contributed by atoms with van der Waals surface area (Å²) in [4.78, 5) is 25.0. The van der Waals surface area contributed by atoms with Crippen molar-refractivity contribution < 1.29 is 4.79 Å². The molecule has 6 nitrogen and oxygen atoms in total. The van der Waals surface area contributed by atoms with E-state index in [9.17, 15) is 4.79 Å². The predicted octanol–water partition coefficient (Wildman–Crippen LogP) is 4.19. The second-order valence-corrected chi connectivity index (χ2v) is 7.53. The fourth-order valence-corrected chi connectivity index (χ4v) is 4.12. The number of aryl methyl sites for hydroxylation is 1. The van der Waals surface area contributed by atoms with Crippen molar-refractivity contribution in [2.24, 2.45) is 0 Å². The summed E-state index contributed by atoms with van der Waals surface area (Å²) in [5, 5.41) is 3.02. The van der Waals surface area contributed by atoms with Crippen molar-refractivity contribution >= 4 is 34.6 Å². The summed E-state index contributed by atoms with van der Waals surface area (Å²) in [6.07, 6.45) is 4.75. The molecule has 1 saturated heterocycles. The van der Waals surface area contributed by atoms with Crippen LogP contribution in [-0.2, 0) is 6.54 Å². The number of amides is 2. The molecule has 140 valence electrons. The highest BCUT2D eigenvalue weighted by molar-refractivity contribution is 7.98. The van der Waals surface area contributed by atoms with Gasteiger partial charge in [0, 0.05) is 42.3 Å². The van der Waals surface area contributed by atoms with E-state index in [2.05, 4.69) is 21.8 Å². The van der Waals surface area contributed by atoms with Crippen LogP contribution in [0, 0.1) is 0 Å². The quantitative estimate of drug-likeness (QED) is 0.688. The molecule has 27 heavy (non-hydrogen) atoms. The van der Waals surface area contributed by atoms with E-state index in [0.29, 0.717) is 6.54 Å². The predicted molar refractivity (Wildman–Crippen MR) is 109 cm³/mol. The highest BCUT2D eigenvalue weighted by atomic mass is 32.2. The van der Waals surface area contributed by atoms with E-state index in [1.165, 1.54) is 0 Å². The first-order chi connectivity index (χ1) is 13.2. The average molecular weight is 382 g/mol. The molecule has 0 bridgehead atoms. The molecule has 1 aliphatic heterocycles. The Hall–Kier alpha value is -2.54. The zero-order chi connectivity index (χ0) is 18.8. The molecule has 3 heterocycles. The van der Waals surface area contributed by atoms with Crippen molar-refractivity contribution in [3.05, 3.63) is 48.4 Å². The molecule has 0 unspecified atom stereocenters. The number of aromatic nitrogens is 3. The number of urea groups is 1. The highest BCUT2D eigenvalue weighted by Gasteiger charge is 2.31. The van der Waals surface area contributed by atoms with Crippen molar-refractivity contribution in [3.8, 4) is 0 Å². The molecule has 2 amide bonds. The van der Waals surface area contributed by atoms with Gasteiger partial charge in [0.15, 0.2) is 5.65 Å². The molecule has 1 N–H and O–H groups in total. The Kier molecular flexibility index (Phi) is 5.03. The van der Waals surface area contributed by atoms with E-state index in [-0.39, 0.29) is 11.9 Å². The van der Waals surface area contributed by atoms with Crippen LogP contribution in [0.2, 0.25) is 0 Å². The van der Waals surface area contributed by atoms with Crippen molar-refractivity contribution in [1.29, 1.82) is 0 Å². The molecule has 4 rings (SSSR count). The number of fused-ring (bicyclic) bond motifs is 1. The Morgan fingerprint density at radius 1 is 1.33 bits per heavy atom. The maximum Gasteiger partial charge on any atom is 0.321 e. The SMILES string of the molecule is CCn1c([C@H]2CCN(C(=O)Nc3cccc(SC)c3)C2)nc2cccnc21. The van der Waals surface area contributed by atoms with Gasteiger partial charge in [-0.1, -0.05) is 6.07 Å². The van der Waals surface area contributed by atoms with E-state index in [4.69, 9.17) is 4.98 Å². The van der Waals surface area contributed by atoms with Crippen LogP contribution in [0.3, 0.4) is 0 Å². The van der Waals surface area contributed by atoms with Gasteiger partial charge >= 0.3 is 6.03 Å². The third-order valence-corrected chi connectivity index (χ3v) is 5.74. The number of rotatable bonds is 4. The molecule has 0 spiro atoms. The summed E-state index contributed by atoms with van der Waals surface area (Å²) in [7, 11) is 0. The van der Waals surface area contributed by atoms with Gasteiger partial charge in [0.25, 0.3) is 0 Å². The van der Waals surface area contributed by atoms with Crippen LogP contribution >= 0.6 is 11.8 Å². The summed E-state index contributed by atoms with van der Waals surface area (Å²) < 4.78 is 2.17. The third-order valence-electron chi connectivity index (χ3n) is 5.01. The van der Waals surface area contributed by atoms with Gasteiger partial charge in [0.1, 0.15) is 11.3 Å². The Morgan fingerprint density at radius 2 is 2.22 bits per heavy atom. The van der Waals surface area contributed by atoms with Crippen LogP contribution in [0.15, 0.2) is 47.5 Å². The number of anilines is 1. The second kappa shape index (κ2) is 7.60. The summed E-state index contributed by atoms with van der Waals surface area (Å²) in [6.45, 7) is 4.35. The molecule has 0 aliphatic carbocycles. The zero-order valence-electron chi connectivity index (χ0n) is 15.6. The van der Waals surface area contributed by atoms with Crippen molar-refractivity contribution in [2.75, 3.05) is 24.7 Å². The lowest BCUT2D eigenvalue weighted by Crippen LogP contribution is -2.33. The van der Waals surface area contributed by atoms with Gasteiger partial charge in [-0.2, -0.15) is 0 Å². The first kappa shape index (κ1) is 17.9. The summed E-state index contributed by atoms with van der Waals surface area (Å²) >= 11 is 1.66. The average Bonchev–Trinajstić information content (AvgIpc) is 3.32. The van der Waals surface area contributed by atoms with Gasteiger partial charge in [-0.15, -0.1) is 11.8 Å². The Labute approximate surface area is 163 Å². The minimum absolute atomic E-state index is 0.0481. The number of carbonyl (C=O) groups excluding carboxylic acids is 1. The first-order valence-corrected chi connectivity index (χ1v) is 10.4. The number of thioether (sulfide) groups is 1. The van der Waals surface area contributed by atoms with Crippen molar-refractivity contribution in [1.82, 2.24) is 19.4 Å². The molecule has 1 atom stereocenters. The number of nitrogens with zero attached hydrogens (tertiary/aromatic N) is 4. The highest BCUT2D eigenvalue weighted by Crippen LogP contribution is 2.29. The maximum atomic E-state index is 12.7. The monoisotopic (exact) mass is 381 g/mol. The van der Waals surface area contributed by atoms with Gasteiger partial charge < -0.3 is 14.8 Å². The number of hydrogen-bond donors (Lipinski definition) is 1. The van der Waals surface area contributed by atoms with Gasteiger partial charge in [-0.3, -0.25) is 0 Å². The van der Waals surface area contributed by atoms with E-state index < -0.39 is 0 Å². The number of carbonyl (C=O) groups is 1. The standard InChI is InChI=1S/C20H23N5OS/c1-3-25-18(23-17-8-5-10-21-19(17)25)14-9-11-24(13-14)20(26)22-15-6-4-7-16(12-15)27-2/h4-8,10,12,14H,3,9,11,13H2,1-2H3,(H,22,26)/t14-/m0/s1. The lowest BCUT2D eigenvalue weighted by molar-refractivity contribution is 0.222. The minimum Gasteiger partial charge on any atom is -0.324 e. The van der Waals surface area contributed by atoms with Crippen LogP contribution in [0.5, 0.6) is 0 Å². The fourth-order valence-electron chi connectivity index (χ4n) is 3.66. The van der Waals surface area contributed by atoms with Crippen LogP contribution in [0.4, 0.5) is 10.5 Å². The number of nitrogens with one attached hydrogen (secondary N) is 1. The van der Waals surface area contributed by atoms with E-state index in [0.717, 1.165) is 47.1 Å². The van der Waals surface area contributed by atoms with Crippen LogP contribution < -0.4 is 5.32 Å².